The zero-order valence-electron chi connectivity index (χ0n) is 12.4. The standard InChI is InChI=1S/C16H18ClN3O/c1-11-7-13(9-15(18-2)19-11)16(21)20(3)10-12-5-4-6-14(17)8-12/h4-9H,10H2,1-3H3,(H,18,19). The lowest BCUT2D eigenvalue weighted by Gasteiger charge is -2.18. The molecule has 1 aromatic heterocycles. The van der Waals surface area contributed by atoms with Crippen molar-refractivity contribution in [1.82, 2.24) is 9.88 Å². The van der Waals surface area contributed by atoms with Gasteiger partial charge in [0.2, 0.25) is 0 Å². The third-order valence-corrected chi connectivity index (χ3v) is 3.35. The number of carbonyl (C=O) groups is 1. The van der Waals surface area contributed by atoms with Gasteiger partial charge in [0.1, 0.15) is 5.82 Å². The number of hydrogen-bond acceptors (Lipinski definition) is 3. The lowest BCUT2D eigenvalue weighted by Crippen LogP contribution is -2.26. The number of anilines is 1. The Morgan fingerprint density at radius 2 is 2.10 bits per heavy atom. The third kappa shape index (κ3) is 3.95. The van der Waals surface area contributed by atoms with Crippen molar-refractivity contribution in [2.24, 2.45) is 0 Å². The molecule has 0 aliphatic rings. The summed E-state index contributed by atoms with van der Waals surface area (Å²) in [4.78, 5) is 18.4. The highest BCUT2D eigenvalue weighted by molar-refractivity contribution is 6.30. The molecule has 0 bridgehead atoms. The first kappa shape index (κ1) is 15.3. The van der Waals surface area contributed by atoms with Gasteiger partial charge in [-0.2, -0.15) is 0 Å². The van der Waals surface area contributed by atoms with Gasteiger partial charge in [0.15, 0.2) is 0 Å². The maximum absolute atomic E-state index is 12.5. The monoisotopic (exact) mass is 303 g/mol. The number of amides is 1. The van der Waals surface area contributed by atoms with Gasteiger partial charge < -0.3 is 10.2 Å². The van der Waals surface area contributed by atoms with Gasteiger partial charge in [0.25, 0.3) is 5.91 Å². The number of benzene rings is 1. The Balaban J connectivity index is 2.17. The second-order valence-electron chi connectivity index (χ2n) is 4.92. The van der Waals surface area contributed by atoms with Gasteiger partial charge in [-0.25, -0.2) is 4.98 Å². The first-order valence-electron chi connectivity index (χ1n) is 6.66. The molecular weight excluding hydrogens is 286 g/mol. The highest BCUT2D eigenvalue weighted by Crippen LogP contribution is 2.15. The molecule has 0 aliphatic heterocycles. The number of carbonyl (C=O) groups excluding carboxylic acids is 1. The van der Waals surface area contributed by atoms with E-state index in [0.29, 0.717) is 22.9 Å². The Kier molecular flexibility index (Phi) is 4.81. The summed E-state index contributed by atoms with van der Waals surface area (Å²) < 4.78 is 0. The Morgan fingerprint density at radius 1 is 1.33 bits per heavy atom. The lowest BCUT2D eigenvalue weighted by molar-refractivity contribution is 0.0785. The molecule has 0 aliphatic carbocycles. The number of nitrogens with one attached hydrogen (secondary N) is 1. The van der Waals surface area contributed by atoms with Crippen LogP contribution < -0.4 is 5.32 Å². The van der Waals surface area contributed by atoms with Crippen molar-refractivity contribution in [3.05, 3.63) is 58.2 Å². The van der Waals surface area contributed by atoms with E-state index in [9.17, 15) is 4.79 Å². The van der Waals surface area contributed by atoms with Gasteiger partial charge in [0.05, 0.1) is 0 Å². The molecule has 2 rings (SSSR count). The number of rotatable bonds is 4. The summed E-state index contributed by atoms with van der Waals surface area (Å²) in [6.45, 7) is 2.38. The zero-order chi connectivity index (χ0) is 15.4. The number of aromatic nitrogens is 1. The quantitative estimate of drug-likeness (QED) is 0.942. The second kappa shape index (κ2) is 6.59. The van der Waals surface area contributed by atoms with E-state index >= 15 is 0 Å². The van der Waals surface area contributed by atoms with Crippen molar-refractivity contribution in [3.8, 4) is 0 Å². The fourth-order valence-corrected chi connectivity index (χ4v) is 2.33. The van der Waals surface area contributed by atoms with E-state index < -0.39 is 0 Å². The minimum absolute atomic E-state index is 0.0445. The summed E-state index contributed by atoms with van der Waals surface area (Å²) in [5, 5.41) is 3.63. The van der Waals surface area contributed by atoms with E-state index in [4.69, 9.17) is 11.6 Å². The number of halogens is 1. The molecule has 0 saturated heterocycles. The van der Waals surface area contributed by atoms with Crippen LogP contribution in [0, 0.1) is 6.92 Å². The van der Waals surface area contributed by atoms with Gasteiger partial charge >= 0.3 is 0 Å². The van der Waals surface area contributed by atoms with Crippen molar-refractivity contribution in [2.75, 3.05) is 19.4 Å². The highest BCUT2D eigenvalue weighted by atomic mass is 35.5. The fraction of sp³-hybridized carbons (Fsp3) is 0.250. The minimum atomic E-state index is -0.0445. The van der Waals surface area contributed by atoms with Gasteiger partial charge in [-0.1, -0.05) is 23.7 Å². The molecular formula is C16H18ClN3O. The number of pyridine rings is 1. The topological polar surface area (TPSA) is 45.2 Å². The third-order valence-electron chi connectivity index (χ3n) is 3.11. The summed E-state index contributed by atoms with van der Waals surface area (Å²) in [5.41, 5.74) is 2.43. The van der Waals surface area contributed by atoms with E-state index in [1.807, 2.05) is 31.2 Å². The molecule has 0 saturated carbocycles. The van der Waals surface area contributed by atoms with Crippen LogP contribution in [0.25, 0.3) is 0 Å². The first-order valence-corrected chi connectivity index (χ1v) is 7.03. The van der Waals surface area contributed by atoms with Crippen molar-refractivity contribution in [3.63, 3.8) is 0 Å². The predicted molar refractivity (Wildman–Crippen MR) is 85.8 cm³/mol. The smallest absolute Gasteiger partial charge is 0.254 e. The molecule has 1 heterocycles. The summed E-state index contributed by atoms with van der Waals surface area (Å²) in [6.07, 6.45) is 0. The van der Waals surface area contributed by atoms with Crippen LogP contribution in [0.15, 0.2) is 36.4 Å². The van der Waals surface area contributed by atoms with E-state index in [1.165, 1.54) is 0 Å². The molecule has 0 unspecified atom stereocenters. The molecule has 4 nitrogen and oxygen atoms in total. The van der Waals surface area contributed by atoms with Crippen LogP contribution in [0.5, 0.6) is 0 Å². The normalized spacial score (nSPS) is 10.3. The van der Waals surface area contributed by atoms with Gasteiger partial charge in [-0.05, 0) is 36.8 Å². The SMILES string of the molecule is CNc1cc(C(=O)N(C)Cc2cccc(Cl)c2)cc(C)n1. The van der Waals surface area contributed by atoms with Gasteiger partial charge in [0, 0.05) is 36.9 Å². The Hall–Kier alpha value is -2.07. The van der Waals surface area contributed by atoms with Gasteiger partial charge in [-0.3, -0.25) is 4.79 Å². The highest BCUT2D eigenvalue weighted by Gasteiger charge is 2.14. The Bertz CT molecular complexity index is 658. The average molecular weight is 304 g/mol. The fourth-order valence-electron chi connectivity index (χ4n) is 2.12. The van der Waals surface area contributed by atoms with Crippen LogP contribution in [0.3, 0.4) is 0 Å². The maximum atomic E-state index is 12.5. The Morgan fingerprint density at radius 3 is 2.76 bits per heavy atom. The summed E-state index contributed by atoms with van der Waals surface area (Å²) in [5.74, 6) is 0.645. The van der Waals surface area contributed by atoms with Crippen molar-refractivity contribution in [1.29, 1.82) is 0 Å². The molecule has 1 aromatic carbocycles. The molecule has 2 aromatic rings. The minimum Gasteiger partial charge on any atom is -0.373 e. The van der Waals surface area contributed by atoms with Crippen molar-refractivity contribution >= 4 is 23.3 Å². The van der Waals surface area contributed by atoms with E-state index in [0.717, 1.165) is 11.3 Å². The first-order chi connectivity index (χ1) is 9.99. The average Bonchev–Trinajstić information content (AvgIpc) is 2.45. The van der Waals surface area contributed by atoms with E-state index in [1.54, 1.807) is 31.1 Å². The summed E-state index contributed by atoms with van der Waals surface area (Å²) >= 11 is 5.97. The van der Waals surface area contributed by atoms with Crippen LogP contribution in [0.1, 0.15) is 21.6 Å². The van der Waals surface area contributed by atoms with Crippen LogP contribution in [0.4, 0.5) is 5.82 Å². The molecule has 21 heavy (non-hydrogen) atoms. The number of nitrogens with zero attached hydrogens (tertiary/aromatic N) is 2. The van der Waals surface area contributed by atoms with Crippen LogP contribution >= 0.6 is 11.6 Å². The van der Waals surface area contributed by atoms with Crippen molar-refractivity contribution < 1.29 is 4.79 Å². The van der Waals surface area contributed by atoms with Crippen LogP contribution in [-0.4, -0.2) is 29.9 Å². The van der Waals surface area contributed by atoms with E-state index in [-0.39, 0.29) is 5.91 Å². The summed E-state index contributed by atoms with van der Waals surface area (Å²) in [7, 11) is 3.56. The maximum Gasteiger partial charge on any atom is 0.254 e. The molecule has 0 fully saturated rings. The van der Waals surface area contributed by atoms with Crippen LogP contribution in [-0.2, 0) is 6.54 Å². The summed E-state index contributed by atoms with van der Waals surface area (Å²) in [6, 6.07) is 11.1. The molecule has 0 atom stereocenters. The molecule has 0 spiro atoms. The molecule has 1 amide bonds. The molecule has 5 heteroatoms. The van der Waals surface area contributed by atoms with E-state index in [2.05, 4.69) is 10.3 Å². The molecule has 110 valence electrons. The number of hydrogen-bond donors (Lipinski definition) is 1. The second-order valence-corrected chi connectivity index (χ2v) is 5.36. The van der Waals surface area contributed by atoms with Gasteiger partial charge in [-0.15, -0.1) is 0 Å². The zero-order valence-corrected chi connectivity index (χ0v) is 13.1. The largest absolute Gasteiger partial charge is 0.373 e. The van der Waals surface area contributed by atoms with Crippen molar-refractivity contribution in [2.45, 2.75) is 13.5 Å². The predicted octanol–water partition coefficient (Wildman–Crippen LogP) is 3.36. The Labute approximate surface area is 129 Å². The lowest BCUT2D eigenvalue weighted by atomic mass is 10.1. The molecule has 0 radical (unpaired) electrons. The number of aryl methyl sites for hydroxylation is 1. The molecule has 1 N–H and O–H groups in total. The van der Waals surface area contributed by atoms with Crippen LogP contribution in [0.2, 0.25) is 5.02 Å².